The van der Waals surface area contributed by atoms with Crippen LogP contribution < -0.4 is 25.7 Å². The first kappa shape index (κ1) is 18.5. The number of aromatic nitrogens is 2. The Balaban J connectivity index is 1.74. The lowest BCUT2D eigenvalue weighted by Crippen LogP contribution is -2.37. The number of benzene rings is 2. The van der Waals surface area contributed by atoms with Crippen LogP contribution in [0.4, 0.5) is 11.6 Å². The molecule has 0 saturated heterocycles. The Kier molecular flexibility index (Phi) is 4.90. The maximum atomic E-state index is 12.7. The van der Waals surface area contributed by atoms with E-state index in [1.54, 1.807) is 21.1 Å². The predicted octanol–water partition coefficient (Wildman–Crippen LogP) is 3.01. The van der Waals surface area contributed by atoms with E-state index in [0.29, 0.717) is 17.6 Å². The van der Waals surface area contributed by atoms with Crippen LogP contribution in [-0.4, -0.2) is 29.7 Å². The summed E-state index contributed by atoms with van der Waals surface area (Å²) in [6, 6.07) is 16.4. The highest BCUT2D eigenvalue weighted by molar-refractivity contribution is 6.03. The minimum atomic E-state index is -0.557. The molecule has 1 aliphatic heterocycles. The van der Waals surface area contributed by atoms with E-state index in [1.807, 2.05) is 48.5 Å². The average Bonchev–Trinajstić information content (AvgIpc) is 2.73. The molecule has 8 heteroatoms. The van der Waals surface area contributed by atoms with Crippen molar-refractivity contribution < 1.29 is 9.47 Å². The maximum Gasteiger partial charge on any atom is 0.257 e. The lowest BCUT2D eigenvalue weighted by molar-refractivity contribution is 0.414. The molecule has 148 valence electrons. The lowest BCUT2D eigenvalue weighted by atomic mass is 10.1. The number of nitrogens with one attached hydrogen (secondary N) is 2. The van der Waals surface area contributed by atoms with Crippen LogP contribution in [0.5, 0.6) is 11.5 Å². The predicted molar refractivity (Wildman–Crippen MR) is 112 cm³/mol. The van der Waals surface area contributed by atoms with Gasteiger partial charge in [0.15, 0.2) is 6.17 Å². The highest BCUT2D eigenvalue weighted by atomic mass is 16.5. The summed E-state index contributed by atoms with van der Waals surface area (Å²) in [5, 5.41) is 6.35. The smallest absolute Gasteiger partial charge is 0.257 e. The molecule has 0 radical (unpaired) electrons. The third-order valence-electron chi connectivity index (χ3n) is 4.57. The van der Waals surface area contributed by atoms with E-state index in [-0.39, 0.29) is 5.56 Å². The second-order valence-corrected chi connectivity index (χ2v) is 6.53. The first-order valence-electron chi connectivity index (χ1n) is 9.07. The summed E-state index contributed by atoms with van der Waals surface area (Å²) in [7, 11) is 3.23. The first-order chi connectivity index (χ1) is 14.1. The summed E-state index contributed by atoms with van der Waals surface area (Å²) in [4.78, 5) is 21.9. The third kappa shape index (κ3) is 3.77. The minimum absolute atomic E-state index is 0.173. The van der Waals surface area contributed by atoms with Gasteiger partial charge in [0.05, 0.1) is 14.2 Å². The molecule has 0 amide bonds. The second-order valence-electron chi connectivity index (χ2n) is 6.53. The van der Waals surface area contributed by atoms with Crippen LogP contribution in [0.1, 0.15) is 17.4 Å². The van der Waals surface area contributed by atoms with Crippen molar-refractivity contribution in [2.24, 2.45) is 4.99 Å². The number of fused-ring (bicyclic) bond motifs is 1. The van der Waals surface area contributed by atoms with Gasteiger partial charge in [0.25, 0.3) is 5.56 Å². The molecule has 3 aromatic rings. The van der Waals surface area contributed by atoms with Gasteiger partial charge in [-0.2, -0.15) is 0 Å². The minimum Gasteiger partial charge on any atom is -0.497 e. The number of aliphatic imine (C=N–C) groups is 1. The van der Waals surface area contributed by atoms with Crippen molar-refractivity contribution in [3.8, 4) is 11.5 Å². The van der Waals surface area contributed by atoms with Gasteiger partial charge in [0.2, 0.25) is 11.9 Å². The molecular formula is C21H21N5O3. The zero-order valence-corrected chi connectivity index (χ0v) is 16.3. The largest absolute Gasteiger partial charge is 0.497 e. The highest BCUT2D eigenvalue weighted by Crippen LogP contribution is 2.27. The van der Waals surface area contributed by atoms with Gasteiger partial charge in [-0.25, -0.2) is 9.98 Å². The van der Waals surface area contributed by atoms with Crippen molar-refractivity contribution in [2.45, 2.75) is 13.1 Å². The van der Waals surface area contributed by atoms with E-state index in [9.17, 15) is 4.79 Å². The molecule has 1 atom stereocenters. The molecule has 0 saturated carbocycles. The van der Waals surface area contributed by atoms with E-state index in [1.165, 1.54) is 10.6 Å². The van der Waals surface area contributed by atoms with Gasteiger partial charge in [-0.1, -0.05) is 12.1 Å². The number of rotatable bonds is 4. The molecule has 2 aromatic carbocycles. The second kappa shape index (κ2) is 7.67. The molecule has 1 aliphatic rings. The van der Waals surface area contributed by atoms with Crippen LogP contribution >= 0.6 is 0 Å². The van der Waals surface area contributed by atoms with Crippen LogP contribution in [0.2, 0.25) is 0 Å². The number of hydrogen-bond acceptors (Lipinski definition) is 7. The fraction of sp³-hybridized carbons (Fsp3) is 0.190. The fourth-order valence-corrected chi connectivity index (χ4v) is 3.12. The number of methoxy groups -OCH3 is 2. The molecule has 1 unspecified atom stereocenters. The molecule has 0 spiro atoms. The molecule has 1 aromatic heterocycles. The van der Waals surface area contributed by atoms with Crippen molar-refractivity contribution in [1.29, 1.82) is 0 Å². The molecule has 29 heavy (non-hydrogen) atoms. The number of ether oxygens (including phenoxy) is 2. The Bertz CT molecular complexity index is 1100. The molecular weight excluding hydrogens is 370 g/mol. The van der Waals surface area contributed by atoms with Gasteiger partial charge in [0.1, 0.15) is 11.5 Å². The summed E-state index contributed by atoms with van der Waals surface area (Å²) in [6.07, 6.45) is -0.557. The quantitative estimate of drug-likeness (QED) is 0.711. The Labute approximate surface area is 167 Å². The van der Waals surface area contributed by atoms with Crippen LogP contribution in [-0.2, 0) is 0 Å². The summed E-state index contributed by atoms with van der Waals surface area (Å²) in [6.45, 7) is 1.79. The maximum absolute atomic E-state index is 12.7. The number of hydrogen-bond donors (Lipinski definition) is 2. The Morgan fingerprint density at radius 1 is 1.00 bits per heavy atom. The van der Waals surface area contributed by atoms with Gasteiger partial charge < -0.3 is 14.8 Å². The van der Waals surface area contributed by atoms with Gasteiger partial charge in [-0.15, -0.1) is 0 Å². The van der Waals surface area contributed by atoms with Crippen molar-refractivity contribution in [3.63, 3.8) is 0 Å². The average molecular weight is 391 g/mol. The monoisotopic (exact) mass is 391 g/mol. The summed E-state index contributed by atoms with van der Waals surface area (Å²) in [5.41, 5.74) is 2.13. The molecule has 4 rings (SSSR count). The third-order valence-corrected chi connectivity index (χ3v) is 4.57. The van der Waals surface area contributed by atoms with Gasteiger partial charge in [0, 0.05) is 17.4 Å². The summed E-state index contributed by atoms with van der Waals surface area (Å²) >= 11 is 0. The van der Waals surface area contributed by atoms with Crippen molar-refractivity contribution >= 4 is 17.6 Å². The van der Waals surface area contributed by atoms with Gasteiger partial charge in [-0.3, -0.25) is 14.7 Å². The van der Waals surface area contributed by atoms with E-state index < -0.39 is 6.17 Å². The summed E-state index contributed by atoms with van der Waals surface area (Å²) < 4.78 is 12.0. The van der Waals surface area contributed by atoms with Crippen LogP contribution in [0.25, 0.3) is 0 Å². The van der Waals surface area contributed by atoms with E-state index in [2.05, 4.69) is 15.6 Å². The highest BCUT2D eigenvalue weighted by Gasteiger charge is 2.25. The lowest BCUT2D eigenvalue weighted by Gasteiger charge is -2.27. The molecule has 2 heterocycles. The Morgan fingerprint density at radius 2 is 1.62 bits per heavy atom. The number of nitrogens with zero attached hydrogens (tertiary/aromatic N) is 3. The van der Waals surface area contributed by atoms with E-state index >= 15 is 0 Å². The Hall–Kier alpha value is -3.81. The van der Waals surface area contributed by atoms with Gasteiger partial charge >= 0.3 is 0 Å². The molecule has 0 bridgehead atoms. The first-order valence-corrected chi connectivity index (χ1v) is 9.07. The van der Waals surface area contributed by atoms with Crippen molar-refractivity contribution in [3.05, 3.63) is 76.2 Å². The van der Waals surface area contributed by atoms with Crippen LogP contribution in [0.15, 0.2) is 64.4 Å². The van der Waals surface area contributed by atoms with Gasteiger partial charge in [-0.05, 0) is 48.9 Å². The standard InChI is InChI=1S/C21H21N5O3/c1-13-12-18(27)26-19(14-4-8-16(28-2)9-5-14)24-20(25-21(26)22-13)23-15-6-10-17(29-3)11-7-15/h4-12,19H,1-3H3,(H2,22,23,24,25). The molecule has 2 N–H and O–H groups in total. The molecule has 0 aliphatic carbocycles. The molecule has 8 nitrogen and oxygen atoms in total. The number of aryl methyl sites for hydroxylation is 1. The summed E-state index contributed by atoms with van der Waals surface area (Å²) in [5.74, 6) is 2.42. The topological polar surface area (TPSA) is 89.8 Å². The SMILES string of the molecule is COc1ccc(NC2=NC(c3ccc(OC)cc3)n3c(nc(C)cc3=O)N2)cc1. The fourth-order valence-electron chi connectivity index (χ4n) is 3.12. The Morgan fingerprint density at radius 3 is 2.24 bits per heavy atom. The number of anilines is 2. The van der Waals surface area contributed by atoms with Crippen molar-refractivity contribution in [1.82, 2.24) is 9.55 Å². The van der Waals surface area contributed by atoms with Crippen LogP contribution in [0, 0.1) is 6.92 Å². The van der Waals surface area contributed by atoms with E-state index in [0.717, 1.165) is 22.7 Å². The normalized spacial score (nSPS) is 15.0. The number of guanidine groups is 1. The molecule has 0 fully saturated rings. The van der Waals surface area contributed by atoms with Crippen molar-refractivity contribution in [2.75, 3.05) is 24.9 Å². The zero-order chi connectivity index (χ0) is 20.4. The van der Waals surface area contributed by atoms with Crippen LogP contribution in [0.3, 0.4) is 0 Å². The van der Waals surface area contributed by atoms with E-state index in [4.69, 9.17) is 14.5 Å². The zero-order valence-electron chi connectivity index (χ0n) is 16.3.